The van der Waals surface area contributed by atoms with Crippen molar-refractivity contribution in [1.82, 2.24) is 10.2 Å². The number of halogens is 1. The first-order valence-corrected chi connectivity index (χ1v) is 7.27. The molecule has 4 nitrogen and oxygen atoms in total. The van der Waals surface area contributed by atoms with E-state index in [2.05, 4.69) is 5.32 Å². The quantitative estimate of drug-likeness (QED) is 0.907. The number of benzene rings is 1. The van der Waals surface area contributed by atoms with E-state index >= 15 is 0 Å². The molecule has 1 aliphatic rings. The highest BCUT2D eigenvalue weighted by atomic mass is 35.5. The predicted octanol–water partition coefficient (Wildman–Crippen LogP) is 2.45. The molecule has 20 heavy (non-hydrogen) atoms. The molecule has 1 heterocycles. The Morgan fingerprint density at radius 3 is 2.90 bits per heavy atom. The Bertz CT molecular complexity index is 491. The fraction of sp³-hybridized carbons (Fsp3) is 0.533. The zero-order valence-electron chi connectivity index (χ0n) is 12.1. The van der Waals surface area contributed by atoms with Crippen LogP contribution in [0.15, 0.2) is 18.2 Å². The van der Waals surface area contributed by atoms with E-state index in [0.717, 1.165) is 24.3 Å². The molecule has 2 rings (SSSR count). The first-order valence-electron chi connectivity index (χ1n) is 6.89. The van der Waals surface area contributed by atoms with Crippen LogP contribution in [0.5, 0.6) is 5.75 Å². The zero-order valence-corrected chi connectivity index (χ0v) is 12.9. The van der Waals surface area contributed by atoms with Crippen LogP contribution in [0.2, 0.25) is 5.02 Å². The molecule has 110 valence electrons. The summed E-state index contributed by atoms with van der Waals surface area (Å²) in [6.07, 6.45) is 0.837. The van der Waals surface area contributed by atoms with Crippen molar-refractivity contribution in [2.24, 2.45) is 0 Å². The van der Waals surface area contributed by atoms with Crippen LogP contribution in [0.3, 0.4) is 0 Å². The molecule has 5 heteroatoms. The molecule has 1 aromatic rings. The lowest BCUT2D eigenvalue weighted by Crippen LogP contribution is -2.41. The van der Waals surface area contributed by atoms with Gasteiger partial charge < -0.3 is 15.0 Å². The van der Waals surface area contributed by atoms with Crippen LogP contribution in [-0.4, -0.2) is 36.5 Å². The van der Waals surface area contributed by atoms with Gasteiger partial charge in [-0.25, -0.2) is 0 Å². The number of nitrogens with zero attached hydrogens (tertiary/aromatic N) is 1. The van der Waals surface area contributed by atoms with Crippen LogP contribution in [0, 0.1) is 0 Å². The second kappa shape index (κ2) is 6.46. The van der Waals surface area contributed by atoms with E-state index in [0.29, 0.717) is 17.6 Å². The van der Waals surface area contributed by atoms with Crippen LogP contribution in [0.25, 0.3) is 0 Å². The van der Waals surface area contributed by atoms with E-state index in [-0.39, 0.29) is 11.9 Å². The SMILES string of the molecule is COc1cccc(Cl)c1CN1CCC(NC(C)C)C1=O. The summed E-state index contributed by atoms with van der Waals surface area (Å²) in [7, 11) is 1.62. The van der Waals surface area contributed by atoms with E-state index < -0.39 is 0 Å². The lowest BCUT2D eigenvalue weighted by molar-refractivity contribution is -0.130. The summed E-state index contributed by atoms with van der Waals surface area (Å²) >= 11 is 6.22. The minimum atomic E-state index is -0.0801. The van der Waals surface area contributed by atoms with Gasteiger partial charge in [0, 0.05) is 23.2 Å². The fourth-order valence-corrected chi connectivity index (χ4v) is 2.75. The lowest BCUT2D eigenvalue weighted by Gasteiger charge is -2.20. The highest BCUT2D eigenvalue weighted by molar-refractivity contribution is 6.31. The first kappa shape index (κ1) is 15.1. The topological polar surface area (TPSA) is 41.6 Å². The van der Waals surface area contributed by atoms with Gasteiger partial charge in [-0.05, 0) is 18.6 Å². The highest BCUT2D eigenvalue weighted by Crippen LogP contribution is 2.29. The molecule has 1 fully saturated rings. The molecule has 0 radical (unpaired) electrons. The molecule has 1 aliphatic heterocycles. The van der Waals surface area contributed by atoms with Gasteiger partial charge in [-0.2, -0.15) is 0 Å². The second-order valence-electron chi connectivity index (χ2n) is 5.34. The van der Waals surface area contributed by atoms with Gasteiger partial charge in [0.25, 0.3) is 0 Å². The third-order valence-corrected chi connectivity index (χ3v) is 3.83. The maximum atomic E-state index is 12.3. The predicted molar refractivity (Wildman–Crippen MR) is 80.1 cm³/mol. The van der Waals surface area contributed by atoms with E-state index in [9.17, 15) is 4.79 Å². The number of rotatable bonds is 5. The molecule has 1 amide bonds. The van der Waals surface area contributed by atoms with Crippen LogP contribution in [0.4, 0.5) is 0 Å². The Labute approximate surface area is 125 Å². The average molecular weight is 297 g/mol. The Balaban J connectivity index is 2.10. The number of amides is 1. The summed E-state index contributed by atoms with van der Waals surface area (Å²) in [5.41, 5.74) is 0.871. The number of likely N-dealkylation sites (tertiary alicyclic amines) is 1. The van der Waals surface area contributed by atoms with Gasteiger partial charge in [0.2, 0.25) is 5.91 Å². The summed E-state index contributed by atoms with van der Waals surface area (Å²) in [4.78, 5) is 14.2. The average Bonchev–Trinajstić information content (AvgIpc) is 2.73. The summed E-state index contributed by atoms with van der Waals surface area (Å²) < 4.78 is 5.33. The second-order valence-corrected chi connectivity index (χ2v) is 5.75. The maximum absolute atomic E-state index is 12.3. The smallest absolute Gasteiger partial charge is 0.240 e. The third-order valence-electron chi connectivity index (χ3n) is 3.48. The van der Waals surface area contributed by atoms with E-state index in [1.165, 1.54) is 0 Å². The number of carbonyl (C=O) groups is 1. The number of hydrogen-bond acceptors (Lipinski definition) is 3. The Hall–Kier alpha value is -1.26. The highest BCUT2D eigenvalue weighted by Gasteiger charge is 2.32. The number of ether oxygens (including phenoxy) is 1. The Morgan fingerprint density at radius 2 is 2.25 bits per heavy atom. The molecule has 0 spiro atoms. The number of nitrogens with one attached hydrogen (secondary N) is 1. The molecule has 1 atom stereocenters. The fourth-order valence-electron chi connectivity index (χ4n) is 2.53. The van der Waals surface area contributed by atoms with Crippen LogP contribution >= 0.6 is 11.6 Å². The van der Waals surface area contributed by atoms with Gasteiger partial charge in [-0.1, -0.05) is 31.5 Å². The molecular formula is C15H21ClN2O2. The van der Waals surface area contributed by atoms with Crippen molar-refractivity contribution >= 4 is 17.5 Å². The molecule has 0 aromatic heterocycles. The van der Waals surface area contributed by atoms with Crippen molar-refractivity contribution < 1.29 is 9.53 Å². The van der Waals surface area contributed by atoms with Crippen molar-refractivity contribution in [3.8, 4) is 5.75 Å². The van der Waals surface area contributed by atoms with Gasteiger partial charge in [0.15, 0.2) is 0 Å². The van der Waals surface area contributed by atoms with Crippen molar-refractivity contribution in [2.45, 2.75) is 38.9 Å². The minimum absolute atomic E-state index is 0.0801. The van der Waals surface area contributed by atoms with E-state index in [1.54, 1.807) is 7.11 Å². The minimum Gasteiger partial charge on any atom is -0.496 e. The molecule has 0 bridgehead atoms. The largest absolute Gasteiger partial charge is 0.496 e. The van der Waals surface area contributed by atoms with Crippen LogP contribution in [0.1, 0.15) is 25.8 Å². The normalized spacial score (nSPS) is 18.9. The van der Waals surface area contributed by atoms with Crippen molar-refractivity contribution in [2.75, 3.05) is 13.7 Å². The Morgan fingerprint density at radius 1 is 1.50 bits per heavy atom. The third kappa shape index (κ3) is 3.25. The molecule has 1 aromatic carbocycles. The first-order chi connectivity index (χ1) is 9.52. The number of methoxy groups -OCH3 is 1. The molecule has 1 N–H and O–H groups in total. The van der Waals surface area contributed by atoms with E-state index in [1.807, 2.05) is 36.9 Å². The monoisotopic (exact) mass is 296 g/mol. The van der Waals surface area contributed by atoms with Gasteiger partial charge in [0.05, 0.1) is 19.7 Å². The number of hydrogen-bond donors (Lipinski definition) is 1. The van der Waals surface area contributed by atoms with Gasteiger partial charge in [-0.3, -0.25) is 4.79 Å². The molecule has 1 unspecified atom stereocenters. The van der Waals surface area contributed by atoms with Crippen molar-refractivity contribution in [3.63, 3.8) is 0 Å². The van der Waals surface area contributed by atoms with Crippen molar-refractivity contribution in [1.29, 1.82) is 0 Å². The molecule has 1 saturated heterocycles. The van der Waals surface area contributed by atoms with Crippen molar-refractivity contribution in [3.05, 3.63) is 28.8 Å². The number of carbonyl (C=O) groups excluding carboxylic acids is 1. The summed E-state index contributed by atoms with van der Waals surface area (Å²) in [6, 6.07) is 5.76. The summed E-state index contributed by atoms with van der Waals surface area (Å²) in [5.74, 6) is 0.867. The van der Waals surface area contributed by atoms with Gasteiger partial charge >= 0.3 is 0 Å². The van der Waals surface area contributed by atoms with Gasteiger partial charge in [0.1, 0.15) is 5.75 Å². The summed E-state index contributed by atoms with van der Waals surface area (Å²) in [5, 5.41) is 3.93. The zero-order chi connectivity index (χ0) is 14.7. The van der Waals surface area contributed by atoms with Crippen LogP contribution in [-0.2, 0) is 11.3 Å². The molecule has 0 aliphatic carbocycles. The standard InChI is InChI=1S/C15H21ClN2O2/c1-10(2)17-13-7-8-18(15(13)19)9-11-12(16)5-4-6-14(11)20-3/h4-6,10,13,17H,7-9H2,1-3H3. The van der Waals surface area contributed by atoms with Crippen LogP contribution < -0.4 is 10.1 Å². The maximum Gasteiger partial charge on any atom is 0.240 e. The molecular weight excluding hydrogens is 276 g/mol. The van der Waals surface area contributed by atoms with Gasteiger partial charge in [-0.15, -0.1) is 0 Å². The summed E-state index contributed by atoms with van der Waals surface area (Å²) in [6.45, 7) is 5.34. The lowest BCUT2D eigenvalue weighted by atomic mass is 10.2. The Kier molecular flexibility index (Phi) is 4.89. The van der Waals surface area contributed by atoms with E-state index in [4.69, 9.17) is 16.3 Å². The molecule has 0 saturated carbocycles.